The highest BCUT2D eigenvalue weighted by Gasteiger charge is 2.28. The Bertz CT molecular complexity index is 703. The highest BCUT2D eigenvalue weighted by Crippen LogP contribution is 2.24. The van der Waals surface area contributed by atoms with Crippen LogP contribution in [0.4, 0.5) is 0 Å². The van der Waals surface area contributed by atoms with E-state index in [4.69, 9.17) is 4.42 Å². The Labute approximate surface area is 123 Å². The quantitative estimate of drug-likeness (QED) is 0.878. The third-order valence-corrected chi connectivity index (χ3v) is 4.82. The van der Waals surface area contributed by atoms with Gasteiger partial charge < -0.3 is 9.73 Å². The smallest absolute Gasteiger partial charge is 0.276 e. The number of benzene rings is 1. The molecule has 114 valence electrons. The van der Waals surface area contributed by atoms with Crippen LogP contribution in [-0.4, -0.2) is 38.3 Å². The molecule has 0 aliphatic heterocycles. The summed E-state index contributed by atoms with van der Waals surface area (Å²) >= 11 is 0. The van der Waals surface area contributed by atoms with Gasteiger partial charge in [-0.2, -0.15) is 4.31 Å². The number of carbonyl (C=O) groups excluding carboxylic acids is 1. The first-order valence-corrected chi connectivity index (χ1v) is 8.18. The van der Waals surface area contributed by atoms with Gasteiger partial charge in [0.25, 0.3) is 10.0 Å². The molecule has 2 aromatic rings. The number of carbonyl (C=O) groups is 1. The van der Waals surface area contributed by atoms with Crippen molar-refractivity contribution in [3.63, 3.8) is 0 Å². The van der Waals surface area contributed by atoms with Crippen LogP contribution in [0.25, 0.3) is 11.0 Å². The van der Waals surface area contributed by atoms with Crippen molar-refractivity contribution in [2.75, 3.05) is 19.6 Å². The largest absolute Gasteiger partial charge is 0.443 e. The van der Waals surface area contributed by atoms with Crippen LogP contribution < -0.4 is 5.32 Å². The maximum Gasteiger partial charge on any atom is 0.276 e. The van der Waals surface area contributed by atoms with Crippen molar-refractivity contribution < 1.29 is 17.6 Å². The summed E-state index contributed by atoms with van der Waals surface area (Å²) in [5, 5.41) is 3.15. The number of rotatable bonds is 6. The van der Waals surface area contributed by atoms with E-state index in [2.05, 4.69) is 5.32 Å². The molecule has 0 unspecified atom stereocenters. The van der Waals surface area contributed by atoms with E-state index in [-0.39, 0.29) is 24.1 Å². The molecule has 0 atom stereocenters. The second-order valence-corrected chi connectivity index (χ2v) is 6.36. The number of nitrogens with zero attached hydrogens (tertiary/aromatic N) is 1. The van der Waals surface area contributed by atoms with Gasteiger partial charge in [-0.3, -0.25) is 4.79 Å². The normalized spacial score (nSPS) is 12.0. The van der Waals surface area contributed by atoms with Gasteiger partial charge in [-0.1, -0.05) is 25.1 Å². The first kappa shape index (κ1) is 15.5. The third kappa shape index (κ3) is 3.25. The molecule has 1 amide bonds. The summed E-state index contributed by atoms with van der Waals surface area (Å²) < 4.78 is 31.5. The number of hydrogen-bond acceptors (Lipinski definition) is 4. The fourth-order valence-corrected chi connectivity index (χ4v) is 3.34. The number of likely N-dealkylation sites (N-methyl/N-ethyl adjacent to an activating group) is 2. The summed E-state index contributed by atoms with van der Waals surface area (Å²) in [6.07, 6.45) is 0. The van der Waals surface area contributed by atoms with Gasteiger partial charge in [-0.25, -0.2) is 8.42 Å². The molecule has 0 radical (unpaired) electrons. The zero-order valence-corrected chi connectivity index (χ0v) is 12.8. The molecular weight excluding hydrogens is 292 g/mol. The van der Waals surface area contributed by atoms with Crippen molar-refractivity contribution in [3.05, 3.63) is 30.3 Å². The van der Waals surface area contributed by atoms with Crippen LogP contribution >= 0.6 is 0 Å². The van der Waals surface area contributed by atoms with Crippen LogP contribution in [-0.2, 0) is 14.8 Å². The number of fused-ring (bicyclic) bond motifs is 1. The summed E-state index contributed by atoms with van der Waals surface area (Å²) in [5.41, 5.74) is 0.505. The van der Waals surface area contributed by atoms with E-state index in [0.29, 0.717) is 17.5 Å². The zero-order valence-electron chi connectivity index (χ0n) is 12.0. The van der Waals surface area contributed by atoms with Crippen LogP contribution in [0.2, 0.25) is 0 Å². The number of para-hydroxylation sites is 1. The molecular formula is C14H18N2O4S. The van der Waals surface area contributed by atoms with Crippen molar-refractivity contribution in [3.8, 4) is 0 Å². The van der Waals surface area contributed by atoms with Crippen molar-refractivity contribution in [1.29, 1.82) is 0 Å². The molecule has 0 bridgehead atoms. The maximum atomic E-state index is 12.5. The molecule has 0 saturated heterocycles. The zero-order chi connectivity index (χ0) is 15.5. The predicted octanol–water partition coefficient (Wildman–Crippen LogP) is 1.58. The summed E-state index contributed by atoms with van der Waals surface area (Å²) in [6.45, 7) is 3.89. The summed E-state index contributed by atoms with van der Waals surface area (Å²) in [7, 11) is -3.82. The van der Waals surface area contributed by atoms with Gasteiger partial charge in [0.05, 0.1) is 6.54 Å². The predicted molar refractivity (Wildman–Crippen MR) is 79.3 cm³/mol. The van der Waals surface area contributed by atoms with Gasteiger partial charge in [0.2, 0.25) is 11.0 Å². The average molecular weight is 310 g/mol. The van der Waals surface area contributed by atoms with Gasteiger partial charge in [0.1, 0.15) is 5.58 Å². The van der Waals surface area contributed by atoms with Crippen molar-refractivity contribution in [2.24, 2.45) is 0 Å². The second-order valence-electron chi connectivity index (χ2n) is 4.49. The molecule has 0 fully saturated rings. The van der Waals surface area contributed by atoms with Gasteiger partial charge in [-0.15, -0.1) is 0 Å². The topological polar surface area (TPSA) is 79.6 Å². The monoisotopic (exact) mass is 310 g/mol. The van der Waals surface area contributed by atoms with E-state index >= 15 is 0 Å². The van der Waals surface area contributed by atoms with Gasteiger partial charge in [0.15, 0.2) is 0 Å². The average Bonchev–Trinajstić information content (AvgIpc) is 2.89. The molecule has 6 nitrogen and oxygen atoms in total. The molecule has 1 aromatic heterocycles. The molecule has 7 heteroatoms. The standard InChI is InChI=1S/C14H18N2O4S/c1-3-15-13(17)10-16(4-2)21(18,19)14-9-11-7-5-6-8-12(11)20-14/h5-9H,3-4,10H2,1-2H3,(H,15,17). The van der Waals surface area contributed by atoms with Gasteiger partial charge >= 0.3 is 0 Å². The van der Waals surface area contributed by atoms with Crippen LogP contribution in [0.1, 0.15) is 13.8 Å². The lowest BCUT2D eigenvalue weighted by Gasteiger charge is -2.18. The summed E-state index contributed by atoms with van der Waals surface area (Å²) in [5.74, 6) is -0.334. The van der Waals surface area contributed by atoms with Crippen LogP contribution in [0.15, 0.2) is 39.8 Å². The van der Waals surface area contributed by atoms with E-state index in [1.54, 1.807) is 38.1 Å². The molecule has 2 rings (SSSR count). The molecule has 1 N–H and O–H groups in total. The van der Waals surface area contributed by atoms with E-state index < -0.39 is 10.0 Å². The number of hydrogen-bond donors (Lipinski definition) is 1. The number of nitrogens with one attached hydrogen (secondary N) is 1. The highest BCUT2D eigenvalue weighted by molar-refractivity contribution is 7.89. The second kappa shape index (κ2) is 6.28. The highest BCUT2D eigenvalue weighted by atomic mass is 32.2. The minimum atomic E-state index is -3.82. The van der Waals surface area contributed by atoms with Gasteiger partial charge in [0, 0.05) is 24.5 Å². The van der Waals surface area contributed by atoms with Crippen molar-refractivity contribution in [1.82, 2.24) is 9.62 Å². The Morgan fingerprint density at radius 3 is 2.62 bits per heavy atom. The number of sulfonamides is 1. The lowest BCUT2D eigenvalue weighted by molar-refractivity contribution is -0.121. The fraction of sp³-hybridized carbons (Fsp3) is 0.357. The lowest BCUT2D eigenvalue weighted by atomic mass is 10.3. The fourth-order valence-electron chi connectivity index (χ4n) is 1.99. The Balaban J connectivity index is 2.32. The first-order chi connectivity index (χ1) is 9.98. The third-order valence-electron chi connectivity index (χ3n) is 3.04. The number of furan rings is 1. The molecule has 0 spiro atoms. The van der Waals surface area contributed by atoms with E-state index in [9.17, 15) is 13.2 Å². The van der Waals surface area contributed by atoms with Crippen molar-refractivity contribution >= 4 is 26.9 Å². The van der Waals surface area contributed by atoms with Gasteiger partial charge in [-0.05, 0) is 13.0 Å². The number of amides is 1. The molecule has 0 aliphatic carbocycles. The summed E-state index contributed by atoms with van der Waals surface area (Å²) in [4.78, 5) is 11.6. The minimum Gasteiger partial charge on any atom is -0.443 e. The molecule has 1 heterocycles. The minimum absolute atomic E-state index is 0.144. The SMILES string of the molecule is CCNC(=O)CN(CC)S(=O)(=O)c1cc2ccccc2o1. The van der Waals surface area contributed by atoms with Crippen molar-refractivity contribution in [2.45, 2.75) is 18.9 Å². The van der Waals surface area contributed by atoms with Crippen LogP contribution in [0.3, 0.4) is 0 Å². The Hall–Kier alpha value is -1.86. The first-order valence-electron chi connectivity index (χ1n) is 6.74. The molecule has 1 aromatic carbocycles. The molecule has 21 heavy (non-hydrogen) atoms. The maximum absolute atomic E-state index is 12.5. The van der Waals surface area contributed by atoms with Crippen LogP contribution in [0.5, 0.6) is 0 Å². The van der Waals surface area contributed by atoms with E-state index in [1.807, 2.05) is 0 Å². The molecule has 0 saturated carbocycles. The van der Waals surface area contributed by atoms with Crippen LogP contribution in [0, 0.1) is 0 Å². The Morgan fingerprint density at radius 1 is 1.29 bits per heavy atom. The summed E-state index contributed by atoms with van der Waals surface area (Å²) in [6, 6.07) is 8.53. The Morgan fingerprint density at radius 2 is 2.00 bits per heavy atom. The van der Waals surface area contributed by atoms with E-state index in [0.717, 1.165) is 4.31 Å². The van der Waals surface area contributed by atoms with E-state index in [1.165, 1.54) is 6.07 Å². The molecule has 0 aliphatic rings. The lowest BCUT2D eigenvalue weighted by Crippen LogP contribution is -2.40. The Kier molecular flexibility index (Phi) is 4.64.